The average Bonchev–Trinajstić information content (AvgIpc) is 2.84. The van der Waals surface area contributed by atoms with Crippen molar-refractivity contribution in [3.8, 4) is 22.4 Å². The molecule has 1 radical (unpaired) electrons. The molecular weight excluding hydrogens is 623 g/mol. The molecule has 1 N–H and O–H groups in total. The number of carbonyl (C=O) groups is 1. The maximum absolute atomic E-state index is 11.2. The van der Waals surface area contributed by atoms with Gasteiger partial charge in [0.2, 0.25) is 0 Å². The van der Waals surface area contributed by atoms with Crippen molar-refractivity contribution in [2.75, 3.05) is 0 Å². The molecule has 0 fully saturated rings. The molecule has 0 spiro atoms. The molecule has 3 aromatic carbocycles. The van der Waals surface area contributed by atoms with Crippen LogP contribution >= 0.6 is 0 Å². The molecule has 0 bridgehead atoms. The van der Waals surface area contributed by atoms with E-state index in [9.17, 15) is 9.90 Å². The number of fused-ring (bicyclic) bond motifs is 1. The van der Waals surface area contributed by atoms with Crippen molar-refractivity contribution < 1.29 is 30.0 Å². The van der Waals surface area contributed by atoms with Gasteiger partial charge in [-0.3, -0.25) is 9.78 Å². The average molecular weight is 657 g/mol. The van der Waals surface area contributed by atoms with Crippen molar-refractivity contribution in [1.82, 2.24) is 4.98 Å². The van der Waals surface area contributed by atoms with Gasteiger partial charge < -0.3 is 5.11 Å². The summed E-state index contributed by atoms with van der Waals surface area (Å²) in [5.41, 5.74) is 5.44. The summed E-state index contributed by atoms with van der Waals surface area (Å²) in [7, 11) is 0. The zero-order valence-corrected chi connectivity index (χ0v) is 23.8. The second-order valence-corrected chi connectivity index (χ2v) is 9.54. The van der Waals surface area contributed by atoms with E-state index in [4.69, 9.17) is 4.98 Å². The van der Waals surface area contributed by atoms with Gasteiger partial charge in [0.1, 0.15) is 0 Å². The van der Waals surface area contributed by atoms with Gasteiger partial charge in [0.25, 0.3) is 0 Å². The number of aromatic nitrogens is 1. The molecule has 0 atom stereocenters. The van der Waals surface area contributed by atoms with E-state index in [1.54, 1.807) is 0 Å². The molecule has 0 aliphatic rings. The molecule has 1 heterocycles. The van der Waals surface area contributed by atoms with Gasteiger partial charge in [0, 0.05) is 39.0 Å². The van der Waals surface area contributed by atoms with Crippen molar-refractivity contribution in [3.05, 3.63) is 103 Å². The maximum atomic E-state index is 11.2. The monoisotopic (exact) mass is 657 g/mol. The number of hydrogen-bond acceptors (Lipinski definition) is 3. The van der Waals surface area contributed by atoms with Crippen LogP contribution in [0.3, 0.4) is 0 Å². The van der Waals surface area contributed by atoms with Gasteiger partial charge in [-0.25, -0.2) is 0 Å². The first-order chi connectivity index (χ1) is 16.8. The molecule has 4 aromatic rings. The summed E-state index contributed by atoms with van der Waals surface area (Å²) in [6.07, 6.45) is 2.46. The first-order valence-corrected chi connectivity index (χ1v) is 12.2. The molecule has 0 aliphatic carbocycles. The predicted octanol–water partition coefficient (Wildman–Crippen LogP) is 8.46. The Labute approximate surface area is 228 Å². The minimum atomic E-state index is 0. The SMILES string of the molecule is CC(C)CC(=O)/C=C(\O)CC(C)C.[Ir].[c-]1ccccc1-c1ccc2cc(-c3ccccc3)ccc2n1. The Hall–Kier alpha value is -3.07. The molecule has 36 heavy (non-hydrogen) atoms. The molecule has 189 valence electrons. The molecule has 4 rings (SSSR count). The van der Waals surface area contributed by atoms with Crippen LogP contribution < -0.4 is 0 Å². The quantitative estimate of drug-likeness (QED) is 0.123. The molecule has 3 nitrogen and oxygen atoms in total. The molecule has 0 aliphatic heterocycles. The van der Waals surface area contributed by atoms with Gasteiger partial charge in [-0.2, -0.15) is 0 Å². The van der Waals surface area contributed by atoms with Crippen molar-refractivity contribution in [2.45, 2.75) is 40.5 Å². The van der Waals surface area contributed by atoms with Gasteiger partial charge in [-0.1, -0.05) is 76.2 Å². The first kappa shape index (κ1) is 29.2. The predicted molar refractivity (Wildman–Crippen MR) is 146 cm³/mol. The van der Waals surface area contributed by atoms with Crippen molar-refractivity contribution in [3.63, 3.8) is 0 Å². The minimum Gasteiger partial charge on any atom is -0.512 e. The van der Waals surface area contributed by atoms with Gasteiger partial charge >= 0.3 is 0 Å². The Morgan fingerprint density at radius 2 is 1.56 bits per heavy atom. The second-order valence-electron chi connectivity index (χ2n) is 9.54. The number of benzene rings is 3. The van der Waals surface area contributed by atoms with E-state index in [0.717, 1.165) is 22.2 Å². The van der Waals surface area contributed by atoms with E-state index in [0.29, 0.717) is 24.7 Å². The smallest absolute Gasteiger partial charge is 0.159 e. The Morgan fingerprint density at radius 3 is 2.19 bits per heavy atom. The van der Waals surface area contributed by atoms with Crippen LogP contribution in [-0.4, -0.2) is 15.9 Å². The number of nitrogens with zero attached hydrogens (tertiary/aromatic N) is 1. The van der Waals surface area contributed by atoms with E-state index in [1.807, 2.05) is 58.0 Å². The van der Waals surface area contributed by atoms with Gasteiger partial charge in [0.05, 0.1) is 11.3 Å². The molecule has 4 heteroatoms. The Morgan fingerprint density at radius 1 is 0.861 bits per heavy atom. The Bertz CT molecular complexity index is 1190. The van der Waals surface area contributed by atoms with Crippen LogP contribution in [0.4, 0.5) is 0 Å². The van der Waals surface area contributed by atoms with Gasteiger partial charge in [-0.15, -0.1) is 35.9 Å². The fourth-order valence-electron chi connectivity index (χ4n) is 3.76. The number of allylic oxidation sites excluding steroid dienone is 2. The van der Waals surface area contributed by atoms with Crippen molar-refractivity contribution >= 4 is 16.7 Å². The summed E-state index contributed by atoms with van der Waals surface area (Å²) in [6, 6.07) is 32.2. The molecule has 0 saturated heterocycles. The third-order valence-corrected chi connectivity index (χ3v) is 5.34. The first-order valence-electron chi connectivity index (χ1n) is 12.2. The molecule has 0 saturated carbocycles. The maximum Gasteiger partial charge on any atom is 0.159 e. The summed E-state index contributed by atoms with van der Waals surface area (Å²) < 4.78 is 0. The number of pyridine rings is 1. The third-order valence-electron chi connectivity index (χ3n) is 5.34. The topological polar surface area (TPSA) is 50.2 Å². The number of rotatable bonds is 7. The molecule has 0 amide bonds. The van der Waals surface area contributed by atoms with Gasteiger partial charge in [-0.05, 0) is 46.2 Å². The van der Waals surface area contributed by atoms with Crippen molar-refractivity contribution in [1.29, 1.82) is 0 Å². The minimum absolute atomic E-state index is 0. The van der Waals surface area contributed by atoms with Crippen molar-refractivity contribution in [2.24, 2.45) is 11.8 Å². The summed E-state index contributed by atoms with van der Waals surface area (Å²) in [6.45, 7) is 8.00. The summed E-state index contributed by atoms with van der Waals surface area (Å²) in [5.74, 6) is 0.979. The molecular formula is C32H34IrNO2-. The van der Waals surface area contributed by atoms with Crippen LogP contribution in [0.5, 0.6) is 0 Å². The fourth-order valence-corrected chi connectivity index (χ4v) is 3.76. The summed E-state index contributed by atoms with van der Waals surface area (Å²) in [4.78, 5) is 16.0. The van der Waals surface area contributed by atoms with E-state index >= 15 is 0 Å². The normalized spacial score (nSPS) is 11.1. The zero-order valence-electron chi connectivity index (χ0n) is 21.4. The number of aliphatic hydroxyl groups excluding tert-OH is 1. The van der Waals surface area contributed by atoms with Crippen LogP contribution in [0, 0.1) is 17.9 Å². The van der Waals surface area contributed by atoms with E-state index < -0.39 is 0 Å². The van der Waals surface area contributed by atoms with Crippen LogP contribution in [-0.2, 0) is 24.9 Å². The molecule has 1 aromatic heterocycles. The van der Waals surface area contributed by atoms with Crippen LogP contribution in [0.2, 0.25) is 0 Å². The number of hydrogen-bond donors (Lipinski definition) is 1. The number of aliphatic hydroxyl groups is 1. The largest absolute Gasteiger partial charge is 0.512 e. The van der Waals surface area contributed by atoms with Crippen LogP contribution in [0.1, 0.15) is 40.5 Å². The number of carbonyl (C=O) groups excluding carboxylic acids is 1. The van der Waals surface area contributed by atoms with Crippen LogP contribution in [0.25, 0.3) is 33.3 Å². The van der Waals surface area contributed by atoms with Gasteiger partial charge in [0.15, 0.2) is 5.78 Å². The fraction of sp³-hybridized carbons (Fsp3) is 0.250. The summed E-state index contributed by atoms with van der Waals surface area (Å²) in [5, 5.41) is 10.5. The zero-order chi connectivity index (χ0) is 25.2. The Kier molecular flexibility index (Phi) is 11.7. The summed E-state index contributed by atoms with van der Waals surface area (Å²) >= 11 is 0. The standard InChI is InChI=1S/C21H14N.C11H20O2.Ir/c1-3-7-16(8-4-1)18-11-13-21-19(15-18)12-14-20(22-21)17-9-5-2-6-10-17;1-8(2)5-10(12)7-11(13)6-9(3)4;/h1-9,11-15H;7-9,12H,5-6H2,1-4H3;/q-1;;/b;10-7-;. The third kappa shape index (κ3) is 9.18. The molecule has 0 unspecified atom stereocenters. The van der Waals surface area contributed by atoms with E-state index in [2.05, 4.69) is 60.7 Å². The van der Waals surface area contributed by atoms with Crippen LogP contribution in [0.15, 0.2) is 96.8 Å². The number of ketones is 1. The Balaban J connectivity index is 0.000000285. The van der Waals surface area contributed by atoms with E-state index in [1.165, 1.54) is 17.2 Å². The second kappa shape index (κ2) is 14.5. The van der Waals surface area contributed by atoms with E-state index in [-0.39, 0.29) is 31.6 Å².